The summed E-state index contributed by atoms with van der Waals surface area (Å²) in [7, 11) is 0. The van der Waals surface area contributed by atoms with Gasteiger partial charge in [-0.25, -0.2) is 0 Å². The van der Waals surface area contributed by atoms with Gasteiger partial charge in [0.15, 0.2) is 0 Å². The van der Waals surface area contributed by atoms with Crippen LogP contribution in [-0.4, -0.2) is 0 Å². The summed E-state index contributed by atoms with van der Waals surface area (Å²) >= 11 is 0. The molecule has 2 nitrogen and oxygen atoms in total. The molecular weight excluding hydrogens is 629 g/mol. The first-order chi connectivity index (χ1) is 25.6. The fraction of sp³-hybridized carbons (Fsp3) is 0.120. The van der Waals surface area contributed by atoms with Crippen LogP contribution in [0.3, 0.4) is 0 Å². The first-order valence-electron chi connectivity index (χ1n) is 18.5. The molecule has 0 spiro atoms. The average molecular weight is 671 g/mol. The van der Waals surface area contributed by atoms with Crippen LogP contribution >= 0.6 is 0 Å². The van der Waals surface area contributed by atoms with Gasteiger partial charge in [0.1, 0.15) is 0 Å². The van der Waals surface area contributed by atoms with E-state index in [0.29, 0.717) is 0 Å². The van der Waals surface area contributed by atoms with Gasteiger partial charge < -0.3 is 9.80 Å². The topological polar surface area (TPSA) is 6.48 Å². The van der Waals surface area contributed by atoms with Crippen molar-refractivity contribution >= 4 is 34.1 Å². The van der Waals surface area contributed by atoms with Crippen LogP contribution in [0, 0.1) is 13.8 Å². The predicted octanol–water partition coefficient (Wildman–Crippen LogP) is 13.9. The van der Waals surface area contributed by atoms with Gasteiger partial charge in [-0.15, -0.1) is 0 Å². The lowest BCUT2D eigenvalue weighted by atomic mass is 9.68. The minimum absolute atomic E-state index is 0.260. The summed E-state index contributed by atoms with van der Waals surface area (Å²) in [4.78, 5) is 4.81. The van der Waals surface area contributed by atoms with E-state index in [4.69, 9.17) is 0 Å². The van der Waals surface area contributed by atoms with E-state index in [2.05, 4.69) is 206 Å². The highest BCUT2D eigenvalue weighted by atomic mass is 15.1. The lowest BCUT2D eigenvalue weighted by Crippen LogP contribution is -2.19. The molecule has 2 unspecified atom stereocenters. The summed E-state index contributed by atoms with van der Waals surface area (Å²) in [6.45, 7) is 4.34. The number of benzene rings is 6. The number of hydrogen-bond acceptors (Lipinski definition) is 2. The van der Waals surface area contributed by atoms with Gasteiger partial charge in [-0.05, 0) is 144 Å². The number of allylic oxidation sites excluding steroid dienone is 8. The van der Waals surface area contributed by atoms with E-state index in [1.165, 1.54) is 67.3 Å². The van der Waals surface area contributed by atoms with Crippen molar-refractivity contribution in [2.24, 2.45) is 0 Å². The van der Waals surface area contributed by atoms with E-state index in [1.807, 2.05) is 0 Å². The Balaban J connectivity index is 1.27. The van der Waals surface area contributed by atoms with Gasteiger partial charge in [-0.1, -0.05) is 109 Å². The summed E-state index contributed by atoms with van der Waals surface area (Å²) in [5, 5.41) is 0. The molecule has 3 aliphatic rings. The van der Waals surface area contributed by atoms with Crippen molar-refractivity contribution < 1.29 is 0 Å². The Morgan fingerprint density at radius 1 is 0.404 bits per heavy atom. The van der Waals surface area contributed by atoms with Crippen molar-refractivity contribution in [2.45, 2.75) is 38.5 Å². The lowest BCUT2D eigenvalue weighted by Gasteiger charge is -2.37. The zero-order valence-corrected chi connectivity index (χ0v) is 29.8. The Kier molecular flexibility index (Phi) is 8.29. The Hall–Kier alpha value is -6.12. The maximum Gasteiger partial charge on any atom is 0.0465 e. The molecule has 0 saturated heterocycles. The molecule has 2 atom stereocenters. The molecule has 0 aromatic heterocycles. The number of para-hydroxylation sites is 2. The van der Waals surface area contributed by atoms with Crippen LogP contribution < -0.4 is 9.80 Å². The second-order valence-corrected chi connectivity index (χ2v) is 14.2. The molecule has 0 N–H and O–H groups in total. The second kappa shape index (κ2) is 13.5. The Bertz CT molecular complexity index is 2220. The molecule has 6 aromatic carbocycles. The van der Waals surface area contributed by atoms with Crippen molar-refractivity contribution in [3.63, 3.8) is 0 Å². The molecule has 252 valence electrons. The van der Waals surface area contributed by atoms with Gasteiger partial charge in [-0.3, -0.25) is 0 Å². The van der Waals surface area contributed by atoms with Crippen LogP contribution in [-0.2, 0) is 0 Å². The SMILES string of the molecule is Cc1cccc(N(c2ccccc2)c2ccc3c(c2)C2CC=CC=C2C2=CC=CCC2c2cc(N(c4ccccc4)c4cccc(C)c4)ccc2-3)c1. The highest BCUT2D eigenvalue weighted by Crippen LogP contribution is 2.53. The number of nitrogens with zero attached hydrogens (tertiary/aromatic N) is 2. The largest absolute Gasteiger partial charge is 0.310 e. The summed E-state index contributed by atoms with van der Waals surface area (Å²) < 4.78 is 0. The minimum Gasteiger partial charge on any atom is -0.310 e. The van der Waals surface area contributed by atoms with Crippen molar-refractivity contribution in [3.05, 3.63) is 215 Å². The first kappa shape index (κ1) is 31.8. The standard InChI is InChI=1S/C50H42N2/c1-35-15-13-21-39(31-35)51(37-17-5-3-6-18-37)41-27-29-47-48-30-28-42(52(38-19-7-4-8-20-38)40-22-14-16-36(2)32-40)34-50(48)46-26-12-10-24-44(46)43-23-9-11-25-45(43)49(47)33-41/h3-24,27-34,45-46H,25-26H2,1-2H3. The van der Waals surface area contributed by atoms with Crippen LogP contribution in [0.15, 0.2) is 193 Å². The Labute approximate surface area is 308 Å². The zero-order valence-electron chi connectivity index (χ0n) is 29.8. The molecule has 0 radical (unpaired) electrons. The molecule has 0 fully saturated rings. The van der Waals surface area contributed by atoms with Crippen molar-refractivity contribution in [3.8, 4) is 11.1 Å². The fourth-order valence-corrected chi connectivity index (χ4v) is 8.47. The fourth-order valence-electron chi connectivity index (χ4n) is 8.47. The van der Waals surface area contributed by atoms with Gasteiger partial charge in [0.05, 0.1) is 0 Å². The summed E-state index contributed by atoms with van der Waals surface area (Å²) in [6.07, 6.45) is 16.0. The molecule has 3 aliphatic carbocycles. The summed E-state index contributed by atoms with van der Waals surface area (Å²) in [5.41, 5.74) is 17.8. The Morgan fingerprint density at radius 2 is 0.808 bits per heavy atom. The number of aryl methyl sites for hydroxylation is 2. The van der Waals surface area contributed by atoms with Crippen LogP contribution in [0.2, 0.25) is 0 Å². The highest BCUT2D eigenvalue weighted by Gasteiger charge is 2.34. The van der Waals surface area contributed by atoms with Crippen molar-refractivity contribution in [2.75, 3.05) is 9.80 Å². The van der Waals surface area contributed by atoms with E-state index >= 15 is 0 Å². The normalized spacial score (nSPS) is 17.0. The van der Waals surface area contributed by atoms with Gasteiger partial charge >= 0.3 is 0 Å². The summed E-state index contributed by atoms with van der Waals surface area (Å²) in [6, 6.07) is 53.6. The lowest BCUT2D eigenvalue weighted by molar-refractivity contribution is 0.731. The Morgan fingerprint density at radius 3 is 1.23 bits per heavy atom. The van der Waals surface area contributed by atoms with Gasteiger partial charge in [0.25, 0.3) is 0 Å². The van der Waals surface area contributed by atoms with Gasteiger partial charge in [0, 0.05) is 46.0 Å². The van der Waals surface area contributed by atoms with E-state index in [1.54, 1.807) is 0 Å². The third-order valence-electron chi connectivity index (χ3n) is 10.8. The maximum atomic E-state index is 2.47. The molecule has 2 heteroatoms. The zero-order chi connectivity index (χ0) is 35.0. The number of hydrogen-bond donors (Lipinski definition) is 0. The third-order valence-corrected chi connectivity index (χ3v) is 10.8. The smallest absolute Gasteiger partial charge is 0.0465 e. The number of rotatable bonds is 6. The van der Waals surface area contributed by atoms with E-state index in [9.17, 15) is 0 Å². The van der Waals surface area contributed by atoms with Crippen molar-refractivity contribution in [1.82, 2.24) is 0 Å². The number of fused-ring (bicyclic) bond motifs is 8. The van der Waals surface area contributed by atoms with E-state index in [-0.39, 0.29) is 11.8 Å². The second-order valence-electron chi connectivity index (χ2n) is 14.2. The van der Waals surface area contributed by atoms with Crippen LogP contribution in [0.25, 0.3) is 11.1 Å². The van der Waals surface area contributed by atoms with Crippen LogP contribution in [0.5, 0.6) is 0 Å². The quantitative estimate of drug-likeness (QED) is 0.174. The molecule has 0 bridgehead atoms. The highest BCUT2D eigenvalue weighted by molar-refractivity contribution is 5.85. The number of anilines is 6. The molecule has 0 heterocycles. The minimum atomic E-state index is 0.260. The molecular formula is C50H42N2. The van der Waals surface area contributed by atoms with Crippen LogP contribution in [0.1, 0.15) is 46.9 Å². The van der Waals surface area contributed by atoms with E-state index in [0.717, 1.165) is 24.2 Å². The van der Waals surface area contributed by atoms with E-state index < -0.39 is 0 Å². The molecule has 0 saturated carbocycles. The van der Waals surface area contributed by atoms with Gasteiger partial charge in [-0.2, -0.15) is 0 Å². The third kappa shape index (κ3) is 5.81. The molecule has 0 amide bonds. The molecule has 52 heavy (non-hydrogen) atoms. The monoisotopic (exact) mass is 670 g/mol. The first-order valence-corrected chi connectivity index (χ1v) is 18.5. The average Bonchev–Trinajstić information content (AvgIpc) is 3.19. The van der Waals surface area contributed by atoms with Crippen molar-refractivity contribution in [1.29, 1.82) is 0 Å². The molecule has 0 aliphatic heterocycles. The predicted molar refractivity (Wildman–Crippen MR) is 220 cm³/mol. The maximum absolute atomic E-state index is 2.47. The molecule has 9 rings (SSSR count). The van der Waals surface area contributed by atoms with Crippen LogP contribution in [0.4, 0.5) is 34.1 Å². The summed E-state index contributed by atoms with van der Waals surface area (Å²) in [5.74, 6) is 0.521. The molecule has 6 aromatic rings. The van der Waals surface area contributed by atoms with Gasteiger partial charge in [0.2, 0.25) is 0 Å².